The van der Waals surface area contributed by atoms with Crippen LogP contribution in [0.4, 0.5) is 13.2 Å². The molecule has 2 aromatic rings. The first kappa shape index (κ1) is 25.6. The summed E-state index contributed by atoms with van der Waals surface area (Å²) in [5, 5.41) is 11.5. The summed E-state index contributed by atoms with van der Waals surface area (Å²) in [6.45, 7) is 4.69. The van der Waals surface area contributed by atoms with E-state index in [2.05, 4.69) is 34.3 Å². The molecule has 210 valence electrons. The molecule has 1 aromatic carbocycles. The van der Waals surface area contributed by atoms with Crippen LogP contribution in [-0.4, -0.2) is 70.2 Å². The number of amides is 2. The Labute approximate surface area is 225 Å². The summed E-state index contributed by atoms with van der Waals surface area (Å²) in [7, 11) is 0. The van der Waals surface area contributed by atoms with Gasteiger partial charge >= 0.3 is 6.18 Å². The zero-order chi connectivity index (χ0) is 27.2. The lowest BCUT2D eigenvalue weighted by atomic mass is 9.67. The third-order valence-corrected chi connectivity index (χ3v) is 10.9. The fraction of sp³-hybridized carbons (Fsp3) is 0.667. The minimum Gasteiger partial charge on any atom is -0.393 e. The van der Waals surface area contributed by atoms with E-state index in [0.717, 1.165) is 38.9 Å². The number of hydrogen-bond acceptors (Lipinski definition) is 4. The molecule has 7 rings (SSSR count). The number of benzene rings is 1. The highest BCUT2D eigenvalue weighted by molar-refractivity contribution is 6.06. The molecule has 2 N–H and O–H groups in total. The largest absolute Gasteiger partial charge is 0.393 e. The van der Waals surface area contributed by atoms with Crippen LogP contribution in [0.5, 0.6) is 0 Å². The lowest BCUT2D eigenvalue weighted by molar-refractivity contribution is -0.217. The fourth-order valence-corrected chi connectivity index (χ4v) is 9.08. The van der Waals surface area contributed by atoms with Crippen LogP contribution in [-0.2, 0) is 9.59 Å². The van der Waals surface area contributed by atoms with E-state index < -0.39 is 53.7 Å². The number of carbonyl (C=O) groups excluding carboxylic acids is 2. The number of imide groups is 1. The zero-order valence-electron chi connectivity index (χ0n) is 22.1. The average molecular weight is 544 g/mol. The predicted molar refractivity (Wildman–Crippen MR) is 138 cm³/mol. The van der Waals surface area contributed by atoms with E-state index in [1.807, 2.05) is 6.07 Å². The molecule has 3 saturated carbocycles. The van der Waals surface area contributed by atoms with E-state index in [1.54, 1.807) is 0 Å². The second-order valence-electron chi connectivity index (χ2n) is 12.9. The Bertz CT molecular complexity index is 1280. The number of H-pyrrole nitrogens is 1. The molecule has 9 heteroatoms. The quantitative estimate of drug-likeness (QED) is 0.530. The molecule has 9 atom stereocenters. The number of nitrogens with zero attached hydrogens (tertiary/aromatic N) is 2. The lowest BCUT2D eigenvalue weighted by Crippen LogP contribution is -2.46. The maximum atomic E-state index is 13.9. The highest BCUT2D eigenvalue weighted by atomic mass is 19.4. The summed E-state index contributed by atoms with van der Waals surface area (Å²) in [5.41, 5.74) is 2.57. The van der Waals surface area contributed by atoms with Crippen molar-refractivity contribution in [3.8, 4) is 0 Å². The molecule has 2 saturated heterocycles. The maximum Gasteiger partial charge on any atom is 0.392 e. The molecule has 5 fully saturated rings. The number of fused-ring (bicyclic) bond motifs is 6. The van der Waals surface area contributed by atoms with Gasteiger partial charge < -0.3 is 15.0 Å². The van der Waals surface area contributed by atoms with E-state index in [4.69, 9.17) is 0 Å². The smallest absolute Gasteiger partial charge is 0.392 e. The molecule has 3 heterocycles. The van der Waals surface area contributed by atoms with Crippen molar-refractivity contribution >= 4 is 22.7 Å². The molecule has 2 amide bonds. The Morgan fingerprint density at radius 3 is 2.36 bits per heavy atom. The second kappa shape index (κ2) is 9.06. The number of nitrogens with one attached hydrogen (secondary N) is 1. The zero-order valence-corrected chi connectivity index (χ0v) is 22.1. The van der Waals surface area contributed by atoms with Gasteiger partial charge in [-0.3, -0.25) is 14.5 Å². The van der Waals surface area contributed by atoms with Crippen LogP contribution < -0.4 is 0 Å². The number of hydrogen-bond donors (Lipinski definition) is 2. The van der Waals surface area contributed by atoms with E-state index in [1.165, 1.54) is 28.3 Å². The minimum absolute atomic E-state index is 0.209. The van der Waals surface area contributed by atoms with Gasteiger partial charge in [0.15, 0.2) is 0 Å². The van der Waals surface area contributed by atoms with Crippen molar-refractivity contribution in [3.63, 3.8) is 0 Å². The topological polar surface area (TPSA) is 76.6 Å². The number of carbonyl (C=O) groups is 2. The van der Waals surface area contributed by atoms with E-state index in [0.29, 0.717) is 18.4 Å². The van der Waals surface area contributed by atoms with Crippen LogP contribution in [0.3, 0.4) is 0 Å². The van der Waals surface area contributed by atoms with E-state index >= 15 is 0 Å². The van der Waals surface area contributed by atoms with Gasteiger partial charge in [0, 0.05) is 30.2 Å². The number of aliphatic hydroxyl groups excluding tert-OH is 1. The first-order valence-electron chi connectivity index (χ1n) is 14.5. The summed E-state index contributed by atoms with van der Waals surface area (Å²) < 4.78 is 41.8. The summed E-state index contributed by atoms with van der Waals surface area (Å²) in [6.07, 6.45) is -0.139. The Kier molecular flexibility index (Phi) is 5.94. The Balaban J connectivity index is 0.953. The van der Waals surface area contributed by atoms with Crippen LogP contribution in [0, 0.1) is 47.3 Å². The maximum absolute atomic E-state index is 13.9. The molecule has 3 aliphatic carbocycles. The molecule has 5 aliphatic rings. The molecule has 7 unspecified atom stereocenters. The first-order valence-corrected chi connectivity index (χ1v) is 14.5. The molecule has 1 aromatic heterocycles. The summed E-state index contributed by atoms with van der Waals surface area (Å²) in [5.74, 6) is -5.26. The SMILES string of the molecule is CC(O)C1C2CC(C3C(=O)N(C[C@H]4C[C@@H]4CN4CCC(c5c[nH]c6ccccc56)CC4)C(=O)C23)C1C(F)(F)F. The van der Waals surface area contributed by atoms with Crippen molar-refractivity contribution in [1.29, 1.82) is 0 Å². The van der Waals surface area contributed by atoms with Crippen LogP contribution >= 0.6 is 0 Å². The van der Waals surface area contributed by atoms with Crippen molar-refractivity contribution in [2.24, 2.45) is 47.3 Å². The van der Waals surface area contributed by atoms with Crippen molar-refractivity contribution in [1.82, 2.24) is 14.8 Å². The van der Waals surface area contributed by atoms with Crippen LogP contribution in [0.2, 0.25) is 0 Å². The van der Waals surface area contributed by atoms with Crippen molar-refractivity contribution in [2.45, 2.75) is 50.8 Å². The van der Waals surface area contributed by atoms with Crippen molar-refractivity contribution in [2.75, 3.05) is 26.2 Å². The molecule has 0 spiro atoms. The lowest BCUT2D eigenvalue weighted by Gasteiger charge is -2.38. The van der Waals surface area contributed by atoms with Crippen LogP contribution in [0.1, 0.15) is 44.1 Å². The third kappa shape index (κ3) is 4.05. The van der Waals surface area contributed by atoms with Gasteiger partial charge in [-0.1, -0.05) is 18.2 Å². The van der Waals surface area contributed by atoms with E-state index in [9.17, 15) is 27.9 Å². The highest BCUT2D eigenvalue weighted by Crippen LogP contribution is 2.65. The average Bonchev–Trinajstić information content (AvgIpc) is 3.24. The fourth-order valence-electron chi connectivity index (χ4n) is 9.08. The predicted octanol–water partition coefficient (Wildman–Crippen LogP) is 4.41. The standard InChI is InChI=1S/C30H36F3N3O3/c1-15(37)24-20-11-21(27(24)30(31,32)33)26-25(20)28(38)36(29(26)39)14-18-10-17(18)13-35-8-6-16(7-9-35)22-12-34-23-5-3-2-4-19(22)23/h2-5,12,15-18,20-21,24-27,34,37H,6-11,13-14H2,1H3/t15?,17-,18-,20?,21?,24?,25?,26?,27?/m1/s1. The molecule has 2 bridgehead atoms. The number of alkyl halides is 3. The number of rotatable bonds is 6. The summed E-state index contributed by atoms with van der Waals surface area (Å²) in [6, 6.07) is 8.41. The number of aliphatic hydroxyl groups is 1. The highest BCUT2D eigenvalue weighted by Gasteiger charge is 2.72. The molecule has 39 heavy (non-hydrogen) atoms. The van der Waals surface area contributed by atoms with Gasteiger partial charge in [-0.15, -0.1) is 0 Å². The molecule has 6 nitrogen and oxygen atoms in total. The normalized spacial score (nSPS) is 37.7. The minimum atomic E-state index is -4.48. The van der Waals surface area contributed by atoms with Gasteiger partial charge in [-0.2, -0.15) is 13.2 Å². The van der Waals surface area contributed by atoms with Gasteiger partial charge in [-0.05, 0) is 92.8 Å². The number of halogens is 3. The molecular weight excluding hydrogens is 507 g/mol. The second-order valence-corrected chi connectivity index (χ2v) is 12.9. The first-order chi connectivity index (χ1) is 18.6. The monoisotopic (exact) mass is 543 g/mol. The number of piperidine rings is 1. The van der Waals surface area contributed by atoms with Crippen LogP contribution in [0.15, 0.2) is 30.5 Å². The Morgan fingerprint density at radius 2 is 1.67 bits per heavy atom. The Morgan fingerprint density at radius 1 is 1.00 bits per heavy atom. The summed E-state index contributed by atoms with van der Waals surface area (Å²) >= 11 is 0. The van der Waals surface area contributed by atoms with Crippen molar-refractivity contribution in [3.05, 3.63) is 36.0 Å². The number of para-hydroxylation sites is 1. The van der Waals surface area contributed by atoms with Crippen LogP contribution in [0.25, 0.3) is 10.9 Å². The van der Waals surface area contributed by atoms with E-state index in [-0.39, 0.29) is 18.2 Å². The molecule has 2 aliphatic heterocycles. The number of likely N-dealkylation sites (tertiary alicyclic amines) is 2. The van der Waals surface area contributed by atoms with Gasteiger partial charge in [0.2, 0.25) is 11.8 Å². The Hall–Kier alpha value is -2.39. The molecular formula is C30H36F3N3O3. The van der Waals surface area contributed by atoms with Crippen molar-refractivity contribution < 1.29 is 27.9 Å². The third-order valence-electron chi connectivity index (χ3n) is 10.9. The van der Waals surface area contributed by atoms with Gasteiger partial charge in [0.1, 0.15) is 0 Å². The van der Waals surface area contributed by atoms with Gasteiger partial charge in [0.05, 0.1) is 23.9 Å². The molecule has 0 radical (unpaired) electrons. The summed E-state index contributed by atoms with van der Waals surface area (Å²) in [4.78, 5) is 33.8. The van der Waals surface area contributed by atoms with Gasteiger partial charge in [0.25, 0.3) is 0 Å². The van der Waals surface area contributed by atoms with Gasteiger partial charge in [-0.25, -0.2) is 0 Å². The number of aromatic amines is 1. The number of aromatic nitrogens is 1.